The lowest BCUT2D eigenvalue weighted by atomic mass is 9.97. The molecular weight excluding hydrogens is 392 g/mol. The second-order valence-electron chi connectivity index (χ2n) is 8.17. The second-order valence-corrected chi connectivity index (χ2v) is 8.17. The van der Waals surface area contributed by atoms with Crippen LogP contribution in [0.2, 0.25) is 0 Å². The minimum atomic E-state index is -0.244. The molecule has 2 heterocycles. The summed E-state index contributed by atoms with van der Waals surface area (Å²) < 4.78 is 12.7. The maximum atomic E-state index is 13.7. The van der Waals surface area contributed by atoms with Gasteiger partial charge in [-0.3, -0.25) is 9.59 Å². The summed E-state index contributed by atoms with van der Waals surface area (Å²) in [5.74, 6) is 0.355. The van der Waals surface area contributed by atoms with Crippen molar-refractivity contribution in [1.29, 1.82) is 0 Å². The van der Waals surface area contributed by atoms with Gasteiger partial charge < -0.3 is 18.9 Å². The van der Waals surface area contributed by atoms with E-state index >= 15 is 0 Å². The van der Waals surface area contributed by atoms with Gasteiger partial charge in [-0.05, 0) is 68.9 Å². The highest BCUT2D eigenvalue weighted by Crippen LogP contribution is 2.28. The van der Waals surface area contributed by atoms with Crippen LogP contribution in [-0.4, -0.2) is 48.1 Å². The number of hydrogen-bond acceptors (Lipinski definition) is 4. The third kappa shape index (κ3) is 4.78. The van der Waals surface area contributed by atoms with E-state index in [-0.39, 0.29) is 17.8 Å². The first-order valence-electron chi connectivity index (χ1n) is 11.2. The summed E-state index contributed by atoms with van der Waals surface area (Å²) in [6.45, 7) is 10.1. The average Bonchev–Trinajstić information content (AvgIpc) is 3.02. The Labute approximate surface area is 185 Å². The summed E-state index contributed by atoms with van der Waals surface area (Å²) in [6.07, 6.45) is 2.45. The van der Waals surface area contributed by atoms with Gasteiger partial charge in [-0.25, -0.2) is 0 Å². The molecule has 0 saturated carbocycles. The molecule has 168 valence electrons. The monoisotopic (exact) mass is 426 g/mol. The first-order valence-corrected chi connectivity index (χ1v) is 11.2. The lowest BCUT2D eigenvalue weighted by Gasteiger charge is -2.32. The summed E-state index contributed by atoms with van der Waals surface area (Å²) in [6, 6.07) is 7.95. The van der Waals surface area contributed by atoms with E-state index in [1.165, 1.54) is 5.56 Å². The first-order chi connectivity index (χ1) is 14.9. The number of hydrogen-bond donors (Lipinski definition) is 0. The van der Waals surface area contributed by atoms with Crippen LogP contribution in [0, 0.1) is 19.8 Å². The van der Waals surface area contributed by atoms with Gasteiger partial charge in [0.1, 0.15) is 11.4 Å². The van der Waals surface area contributed by atoms with Gasteiger partial charge in [-0.2, -0.15) is 0 Å². The van der Waals surface area contributed by atoms with Crippen LogP contribution in [0.5, 0.6) is 5.75 Å². The van der Waals surface area contributed by atoms with Gasteiger partial charge in [0.2, 0.25) is 0 Å². The Morgan fingerprint density at radius 3 is 2.65 bits per heavy atom. The van der Waals surface area contributed by atoms with Crippen molar-refractivity contribution in [3.05, 3.63) is 52.3 Å². The number of piperidine rings is 1. The molecule has 1 aliphatic rings. The van der Waals surface area contributed by atoms with E-state index in [0.29, 0.717) is 26.2 Å². The zero-order chi connectivity index (χ0) is 22.5. The van der Waals surface area contributed by atoms with Gasteiger partial charge >= 0.3 is 5.97 Å². The molecule has 1 aromatic carbocycles. The molecule has 1 amide bonds. The standard InChI is InChI=1S/C25H34N2O4/c1-6-22-17(3)23(24(28)26-13-9-11-20(16-26)25(29)31-7-2)27(18(22)4)15-19-10-8-12-21(14-19)30-5/h8,10,12,14,20H,6-7,9,11,13,15-16H2,1-5H3/t20-/m1/s1. The number of carbonyl (C=O) groups excluding carboxylic acids is 2. The summed E-state index contributed by atoms with van der Waals surface area (Å²) in [5, 5.41) is 0. The summed E-state index contributed by atoms with van der Waals surface area (Å²) in [4.78, 5) is 27.8. The number of nitrogens with zero attached hydrogens (tertiary/aromatic N) is 2. The van der Waals surface area contributed by atoms with Crippen LogP contribution in [0.4, 0.5) is 0 Å². The minimum absolute atomic E-state index is 0.00260. The molecule has 0 N–H and O–H groups in total. The topological polar surface area (TPSA) is 60.8 Å². The van der Waals surface area contributed by atoms with Crippen molar-refractivity contribution in [2.75, 3.05) is 26.8 Å². The smallest absolute Gasteiger partial charge is 0.310 e. The molecule has 1 aliphatic heterocycles. The Kier molecular flexibility index (Phi) is 7.42. The minimum Gasteiger partial charge on any atom is -0.497 e. The normalized spacial score (nSPS) is 16.3. The highest BCUT2D eigenvalue weighted by Gasteiger charge is 2.32. The fourth-order valence-corrected chi connectivity index (χ4v) is 4.66. The Balaban J connectivity index is 1.94. The third-order valence-electron chi connectivity index (χ3n) is 6.28. The predicted octanol–water partition coefficient (Wildman–Crippen LogP) is 4.14. The zero-order valence-electron chi connectivity index (χ0n) is 19.4. The number of amides is 1. The van der Waals surface area contributed by atoms with Crippen LogP contribution in [0.3, 0.4) is 0 Å². The van der Waals surface area contributed by atoms with Crippen molar-refractivity contribution >= 4 is 11.9 Å². The molecular formula is C25H34N2O4. The van der Waals surface area contributed by atoms with Gasteiger partial charge in [-0.1, -0.05) is 19.1 Å². The van der Waals surface area contributed by atoms with Crippen LogP contribution in [0.25, 0.3) is 0 Å². The van der Waals surface area contributed by atoms with Crippen molar-refractivity contribution in [3.8, 4) is 5.75 Å². The Morgan fingerprint density at radius 2 is 1.97 bits per heavy atom. The molecule has 3 rings (SSSR count). The number of carbonyl (C=O) groups is 2. The largest absolute Gasteiger partial charge is 0.497 e. The third-order valence-corrected chi connectivity index (χ3v) is 6.28. The van der Waals surface area contributed by atoms with E-state index < -0.39 is 0 Å². The van der Waals surface area contributed by atoms with E-state index in [1.807, 2.05) is 36.9 Å². The number of benzene rings is 1. The SMILES string of the molecule is CCOC(=O)[C@@H]1CCCN(C(=O)c2c(C)c(CC)c(C)n2Cc2cccc(OC)c2)C1. The van der Waals surface area contributed by atoms with Gasteiger partial charge in [0.15, 0.2) is 0 Å². The highest BCUT2D eigenvalue weighted by atomic mass is 16.5. The maximum Gasteiger partial charge on any atom is 0.310 e. The number of likely N-dealkylation sites (tertiary alicyclic amines) is 1. The maximum absolute atomic E-state index is 13.7. The second kappa shape index (κ2) is 10.0. The quantitative estimate of drug-likeness (QED) is 0.625. The summed E-state index contributed by atoms with van der Waals surface area (Å²) in [5.41, 5.74) is 5.17. The van der Waals surface area contributed by atoms with Gasteiger partial charge in [0.25, 0.3) is 5.91 Å². The molecule has 0 unspecified atom stereocenters. The molecule has 0 bridgehead atoms. The van der Waals surface area contributed by atoms with E-state index in [1.54, 1.807) is 7.11 Å². The van der Waals surface area contributed by atoms with Crippen molar-refractivity contribution in [2.45, 2.75) is 53.5 Å². The summed E-state index contributed by atoms with van der Waals surface area (Å²) in [7, 11) is 1.66. The molecule has 1 aromatic heterocycles. The molecule has 6 nitrogen and oxygen atoms in total. The molecule has 6 heteroatoms. The number of rotatable bonds is 7. The predicted molar refractivity (Wildman–Crippen MR) is 121 cm³/mol. The average molecular weight is 427 g/mol. The van der Waals surface area contributed by atoms with E-state index in [2.05, 4.69) is 24.5 Å². The van der Waals surface area contributed by atoms with Crippen molar-refractivity contribution in [2.24, 2.45) is 5.92 Å². The van der Waals surface area contributed by atoms with Gasteiger partial charge in [0, 0.05) is 25.3 Å². The molecule has 1 saturated heterocycles. The molecule has 0 spiro atoms. The molecule has 0 aliphatic carbocycles. The molecule has 2 aromatic rings. The summed E-state index contributed by atoms with van der Waals surface area (Å²) >= 11 is 0. The lowest BCUT2D eigenvalue weighted by Crippen LogP contribution is -2.43. The van der Waals surface area contributed by atoms with Gasteiger partial charge in [-0.15, -0.1) is 0 Å². The van der Waals surface area contributed by atoms with Crippen molar-refractivity contribution in [3.63, 3.8) is 0 Å². The molecule has 1 atom stereocenters. The molecule has 1 fully saturated rings. The van der Waals surface area contributed by atoms with E-state index in [9.17, 15) is 9.59 Å². The van der Waals surface area contributed by atoms with Crippen LogP contribution in [-0.2, 0) is 22.5 Å². The fraction of sp³-hybridized carbons (Fsp3) is 0.520. The van der Waals surface area contributed by atoms with Crippen LogP contribution < -0.4 is 4.74 Å². The number of esters is 1. The number of aromatic nitrogens is 1. The molecule has 31 heavy (non-hydrogen) atoms. The van der Waals surface area contributed by atoms with Crippen LogP contribution in [0.1, 0.15) is 59.6 Å². The Bertz CT molecular complexity index is 947. The van der Waals surface area contributed by atoms with E-state index in [0.717, 1.165) is 47.5 Å². The van der Waals surface area contributed by atoms with Crippen LogP contribution >= 0.6 is 0 Å². The Morgan fingerprint density at radius 1 is 1.19 bits per heavy atom. The van der Waals surface area contributed by atoms with Gasteiger partial charge in [0.05, 0.1) is 19.6 Å². The first kappa shape index (κ1) is 22.9. The van der Waals surface area contributed by atoms with Crippen molar-refractivity contribution < 1.29 is 19.1 Å². The van der Waals surface area contributed by atoms with E-state index in [4.69, 9.17) is 9.47 Å². The van der Waals surface area contributed by atoms with Crippen LogP contribution in [0.15, 0.2) is 24.3 Å². The highest BCUT2D eigenvalue weighted by molar-refractivity contribution is 5.95. The lowest BCUT2D eigenvalue weighted by molar-refractivity contribution is -0.149. The Hall–Kier alpha value is -2.76. The number of ether oxygens (including phenoxy) is 2. The molecule has 0 radical (unpaired) electrons. The van der Waals surface area contributed by atoms with Crippen molar-refractivity contribution in [1.82, 2.24) is 9.47 Å². The number of methoxy groups -OCH3 is 1. The fourth-order valence-electron chi connectivity index (χ4n) is 4.66. The zero-order valence-corrected chi connectivity index (χ0v) is 19.4.